The van der Waals surface area contributed by atoms with Gasteiger partial charge in [0.05, 0.1) is 53.3 Å². The molecule has 2 aliphatic carbocycles. The Morgan fingerprint density at radius 2 is 1.71 bits per heavy atom. The monoisotopic (exact) mass is 761 g/mol. The fourth-order valence-corrected chi connectivity index (χ4v) is 8.47. The summed E-state index contributed by atoms with van der Waals surface area (Å²) in [4.78, 5) is 49.8. The third-order valence-electron chi connectivity index (χ3n) is 11.8. The minimum atomic E-state index is -0.959. The van der Waals surface area contributed by atoms with Crippen molar-refractivity contribution in [3.8, 4) is 11.1 Å². The lowest BCUT2D eigenvalue weighted by Gasteiger charge is -2.39. The standard InChI is InChI=1S/C41H48FN11O3/c1-3-34-38-30(21-43-53(38)28-15-17-51(18-16-28)23-27-6-4-9-32(44-27)41(56)52-19-14-25(42)22-52)29-7-5-8-31(37(29)50(34)2)46-33-20-35(47-39(54)24-10-11-24)48-49-36(33)40(55)45-26-12-13-26/h4-9,20-21,24-26,28,34H,3,10-19,22-23H2,1-2H3,(H,45,55)(H2,46,47,48,54)/t25-,34?/m1/s1. The molecular weight excluding hydrogens is 714 g/mol. The summed E-state index contributed by atoms with van der Waals surface area (Å²) in [6, 6.07) is 13.8. The molecule has 2 atom stereocenters. The van der Waals surface area contributed by atoms with Gasteiger partial charge in [-0.05, 0) is 69.6 Å². The minimum absolute atomic E-state index is 0.00152. The van der Waals surface area contributed by atoms with E-state index in [2.05, 4.69) is 65.7 Å². The summed E-state index contributed by atoms with van der Waals surface area (Å²) < 4.78 is 16.0. The average molecular weight is 762 g/mol. The molecule has 3 aliphatic heterocycles. The Bertz CT molecular complexity index is 2160. The number of amides is 3. The molecule has 0 bridgehead atoms. The van der Waals surface area contributed by atoms with Crippen molar-refractivity contribution in [1.82, 2.24) is 40.1 Å². The number of pyridine rings is 1. The van der Waals surface area contributed by atoms with Gasteiger partial charge in [-0.25, -0.2) is 9.37 Å². The van der Waals surface area contributed by atoms with Gasteiger partial charge in [-0.2, -0.15) is 5.10 Å². The Balaban J connectivity index is 0.937. The smallest absolute Gasteiger partial charge is 0.274 e. The van der Waals surface area contributed by atoms with Crippen molar-refractivity contribution in [1.29, 1.82) is 0 Å². The number of benzene rings is 1. The van der Waals surface area contributed by atoms with Crippen LogP contribution in [0.25, 0.3) is 11.1 Å². The maximum absolute atomic E-state index is 13.7. The molecule has 3 N–H and O–H groups in total. The van der Waals surface area contributed by atoms with E-state index in [1.165, 1.54) is 5.69 Å². The van der Waals surface area contributed by atoms with Crippen molar-refractivity contribution in [3.05, 3.63) is 71.4 Å². The second kappa shape index (κ2) is 14.9. The molecular formula is C41H48FN11O3. The van der Waals surface area contributed by atoms with E-state index >= 15 is 0 Å². The number of carbonyl (C=O) groups is 3. The molecule has 6 heterocycles. The molecule has 15 heteroatoms. The summed E-state index contributed by atoms with van der Waals surface area (Å²) in [5.74, 6) is -0.266. The fraction of sp³-hybridized carbons (Fsp3) is 0.488. The van der Waals surface area contributed by atoms with Crippen LogP contribution < -0.4 is 20.9 Å². The second-order valence-electron chi connectivity index (χ2n) is 15.9. The van der Waals surface area contributed by atoms with Crippen LogP contribution in [0.15, 0.2) is 48.7 Å². The Morgan fingerprint density at radius 1 is 0.911 bits per heavy atom. The number of alkyl halides is 1. The topological polar surface area (TPSA) is 154 Å². The number of nitrogens with one attached hydrogen (secondary N) is 3. The summed E-state index contributed by atoms with van der Waals surface area (Å²) in [5, 5.41) is 23.0. The Morgan fingerprint density at radius 3 is 2.45 bits per heavy atom. The maximum Gasteiger partial charge on any atom is 0.274 e. The molecule has 9 rings (SSSR count). The van der Waals surface area contributed by atoms with E-state index in [0.29, 0.717) is 36.7 Å². The van der Waals surface area contributed by atoms with Gasteiger partial charge >= 0.3 is 0 Å². The van der Waals surface area contributed by atoms with Crippen LogP contribution in [0, 0.1) is 5.92 Å². The summed E-state index contributed by atoms with van der Waals surface area (Å²) >= 11 is 0. The Hall–Kier alpha value is -5.44. The van der Waals surface area contributed by atoms with E-state index in [1.54, 1.807) is 17.0 Å². The zero-order chi connectivity index (χ0) is 38.5. The largest absolute Gasteiger partial charge is 0.364 e. The van der Waals surface area contributed by atoms with Crippen LogP contribution in [0.4, 0.5) is 27.3 Å². The number of fused-ring (bicyclic) bond motifs is 3. The maximum atomic E-state index is 13.7. The number of halogens is 1. The first kappa shape index (κ1) is 36.2. The van der Waals surface area contributed by atoms with Crippen LogP contribution >= 0.6 is 0 Å². The second-order valence-corrected chi connectivity index (χ2v) is 15.9. The van der Waals surface area contributed by atoms with E-state index in [1.807, 2.05) is 30.5 Å². The van der Waals surface area contributed by atoms with Crippen molar-refractivity contribution in [3.63, 3.8) is 0 Å². The number of nitrogens with zero attached hydrogens (tertiary/aromatic N) is 8. The summed E-state index contributed by atoms with van der Waals surface area (Å²) in [7, 11) is 2.11. The molecule has 2 saturated heterocycles. The molecule has 5 aliphatic rings. The van der Waals surface area contributed by atoms with Gasteiger partial charge in [0, 0.05) is 62.4 Å². The number of hydrogen-bond donors (Lipinski definition) is 3. The molecule has 1 unspecified atom stereocenters. The van der Waals surface area contributed by atoms with Crippen LogP contribution in [0.1, 0.15) is 103 Å². The first-order chi connectivity index (χ1) is 27.2. The number of para-hydroxylation sites is 1. The summed E-state index contributed by atoms with van der Waals surface area (Å²) in [6.45, 7) is 5.15. The van der Waals surface area contributed by atoms with Crippen molar-refractivity contribution in [2.24, 2.45) is 5.92 Å². The third-order valence-corrected chi connectivity index (χ3v) is 11.8. The summed E-state index contributed by atoms with van der Waals surface area (Å²) in [6.07, 6.45) is 7.75. The lowest BCUT2D eigenvalue weighted by atomic mass is 9.91. The number of aromatic nitrogens is 5. The molecule has 56 heavy (non-hydrogen) atoms. The molecule has 0 spiro atoms. The normalized spacial score (nSPS) is 21.1. The number of hydrogen-bond acceptors (Lipinski definition) is 10. The number of anilines is 4. The van der Waals surface area contributed by atoms with Gasteiger partial charge in [0.25, 0.3) is 11.8 Å². The van der Waals surface area contributed by atoms with Gasteiger partial charge in [-0.1, -0.05) is 25.1 Å². The van der Waals surface area contributed by atoms with Crippen LogP contribution in [0.3, 0.4) is 0 Å². The van der Waals surface area contributed by atoms with Gasteiger partial charge in [-0.3, -0.25) is 24.0 Å². The zero-order valence-electron chi connectivity index (χ0n) is 31.9. The Labute approximate surface area is 325 Å². The molecule has 0 radical (unpaired) electrons. The van der Waals surface area contributed by atoms with Gasteiger partial charge in [0.15, 0.2) is 11.5 Å². The average Bonchev–Trinajstić information content (AvgIpc) is 4.14. The minimum Gasteiger partial charge on any atom is -0.364 e. The van der Waals surface area contributed by atoms with Crippen molar-refractivity contribution >= 4 is 40.6 Å². The molecule has 3 amide bonds. The summed E-state index contributed by atoms with van der Waals surface area (Å²) in [5.41, 5.74) is 7.02. The molecule has 1 aromatic carbocycles. The zero-order valence-corrected chi connectivity index (χ0v) is 31.9. The molecule has 4 fully saturated rings. The first-order valence-corrected chi connectivity index (χ1v) is 20.1. The molecule has 4 aromatic rings. The first-order valence-electron chi connectivity index (χ1n) is 20.1. The number of rotatable bonds is 11. The van der Waals surface area contributed by atoms with Gasteiger partial charge < -0.3 is 25.8 Å². The highest BCUT2D eigenvalue weighted by Gasteiger charge is 2.37. The van der Waals surface area contributed by atoms with E-state index in [4.69, 9.17) is 5.10 Å². The molecule has 3 aromatic heterocycles. The SMILES string of the molecule is CCC1c2c(cnn2C2CCN(Cc3cccc(C(=O)N4CC[C@@H](F)C4)n3)CC2)-c2cccc(Nc3cc(NC(=O)C4CC4)nnc3C(=O)NC3CC3)c2N1C. The van der Waals surface area contributed by atoms with E-state index < -0.39 is 6.17 Å². The van der Waals surface area contributed by atoms with Crippen LogP contribution in [0.2, 0.25) is 0 Å². The van der Waals surface area contributed by atoms with Gasteiger partial charge in [-0.15, -0.1) is 10.2 Å². The number of likely N-dealkylation sites (tertiary alicyclic amines) is 2. The van der Waals surface area contributed by atoms with Crippen molar-refractivity contribution < 1.29 is 18.8 Å². The highest BCUT2D eigenvalue weighted by molar-refractivity contribution is 6.01. The molecule has 14 nitrogen and oxygen atoms in total. The predicted molar refractivity (Wildman–Crippen MR) is 209 cm³/mol. The number of piperidine rings is 1. The molecule has 2 saturated carbocycles. The van der Waals surface area contributed by atoms with E-state index in [0.717, 1.165) is 86.2 Å². The van der Waals surface area contributed by atoms with Crippen molar-refractivity contribution in [2.75, 3.05) is 48.8 Å². The third kappa shape index (κ3) is 7.19. The van der Waals surface area contributed by atoms with Crippen LogP contribution in [0.5, 0.6) is 0 Å². The molecule has 292 valence electrons. The van der Waals surface area contributed by atoms with Gasteiger partial charge in [0.1, 0.15) is 11.9 Å². The number of carbonyl (C=O) groups excluding carboxylic acids is 3. The van der Waals surface area contributed by atoms with Crippen molar-refractivity contribution in [2.45, 2.75) is 89.1 Å². The lowest BCUT2D eigenvalue weighted by molar-refractivity contribution is -0.117. The van der Waals surface area contributed by atoms with Gasteiger partial charge in [0.2, 0.25) is 5.91 Å². The lowest BCUT2D eigenvalue weighted by Crippen LogP contribution is -2.37. The van der Waals surface area contributed by atoms with E-state index in [9.17, 15) is 18.8 Å². The van der Waals surface area contributed by atoms with Crippen LogP contribution in [-0.2, 0) is 11.3 Å². The highest BCUT2D eigenvalue weighted by atomic mass is 19.1. The Kier molecular flexibility index (Phi) is 9.64. The quantitative estimate of drug-likeness (QED) is 0.175. The predicted octanol–water partition coefficient (Wildman–Crippen LogP) is 5.64. The van der Waals surface area contributed by atoms with Crippen LogP contribution in [-0.4, -0.2) is 97.9 Å². The van der Waals surface area contributed by atoms with E-state index in [-0.39, 0.29) is 54.0 Å². The fourth-order valence-electron chi connectivity index (χ4n) is 8.47. The highest BCUT2D eigenvalue weighted by Crippen LogP contribution is 2.50.